The van der Waals surface area contributed by atoms with Gasteiger partial charge in [-0.05, 0) is 25.2 Å². The second kappa shape index (κ2) is 11.7. The van der Waals surface area contributed by atoms with Crippen LogP contribution in [0.2, 0.25) is 0 Å². The Morgan fingerprint density at radius 3 is 2.27 bits per heavy atom. The number of nitrogens with two attached hydrogens (primary N) is 1. The number of hydrogen-bond donors (Lipinski definition) is 6. The van der Waals surface area contributed by atoms with Crippen molar-refractivity contribution >= 4 is 42.3 Å². The Morgan fingerprint density at radius 1 is 1.13 bits per heavy atom. The average molecular weight is 447 g/mol. The number of amides is 3. The third kappa shape index (κ3) is 7.48. The zero-order valence-electron chi connectivity index (χ0n) is 17.0. The minimum Gasteiger partial charge on any atom is -0.481 e. The van der Waals surface area contributed by atoms with Crippen LogP contribution in [0.4, 0.5) is 0 Å². The van der Waals surface area contributed by atoms with Crippen LogP contribution in [0.3, 0.4) is 0 Å². The topological polar surface area (TPSA) is 179 Å². The summed E-state index contributed by atoms with van der Waals surface area (Å²) in [6.45, 7) is 3.94. The molecule has 0 spiro atoms. The predicted molar refractivity (Wildman–Crippen MR) is 110 cm³/mol. The average Bonchev–Trinajstić information content (AvgIpc) is 3.13. The Labute approximate surface area is 180 Å². The molecule has 1 aliphatic heterocycles. The van der Waals surface area contributed by atoms with Crippen molar-refractivity contribution in [1.29, 1.82) is 0 Å². The maximum absolute atomic E-state index is 12.8. The number of nitrogens with one attached hydrogen (secondary N) is 2. The van der Waals surface area contributed by atoms with E-state index in [-0.39, 0.29) is 24.6 Å². The maximum atomic E-state index is 12.8. The minimum absolute atomic E-state index is 0.0191. The first-order chi connectivity index (χ1) is 14.0. The lowest BCUT2D eigenvalue weighted by molar-refractivity contribution is -0.144. The number of carboxylic acid groups (broad SMARTS) is 2. The molecule has 6 N–H and O–H groups in total. The zero-order chi connectivity index (χ0) is 23.0. The van der Waals surface area contributed by atoms with E-state index < -0.39 is 60.2 Å². The zero-order valence-corrected chi connectivity index (χ0v) is 17.9. The Bertz CT molecular complexity index is 673. The molecule has 0 aromatic carbocycles. The van der Waals surface area contributed by atoms with E-state index in [9.17, 15) is 24.0 Å². The first-order valence-electron chi connectivity index (χ1n) is 9.70. The van der Waals surface area contributed by atoms with Crippen molar-refractivity contribution in [2.24, 2.45) is 11.7 Å². The summed E-state index contributed by atoms with van der Waals surface area (Å²) < 4.78 is 0. The van der Waals surface area contributed by atoms with Crippen molar-refractivity contribution in [3.63, 3.8) is 0 Å². The lowest BCUT2D eigenvalue weighted by Gasteiger charge is -2.28. The molecule has 1 rings (SSSR count). The second-order valence-corrected chi connectivity index (χ2v) is 8.03. The molecule has 1 saturated heterocycles. The van der Waals surface area contributed by atoms with Gasteiger partial charge >= 0.3 is 11.9 Å². The molecule has 11 nitrogen and oxygen atoms in total. The third-order valence-corrected chi connectivity index (χ3v) is 5.05. The van der Waals surface area contributed by atoms with Crippen LogP contribution in [-0.4, -0.2) is 81.2 Å². The van der Waals surface area contributed by atoms with Gasteiger partial charge < -0.3 is 31.5 Å². The quantitative estimate of drug-likeness (QED) is 0.214. The van der Waals surface area contributed by atoms with Crippen molar-refractivity contribution in [2.45, 2.75) is 63.7 Å². The number of carbonyl (C=O) groups is 5. The highest BCUT2D eigenvalue weighted by atomic mass is 32.1. The Balaban J connectivity index is 2.89. The van der Waals surface area contributed by atoms with Gasteiger partial charge in [-0.1, -0.05) is 13.8 Å². The van der Waals surface area contributed by atoms with E-state index in [2.05, 4.69) is 23.3 Å². The van der Waals surface area contributed by atoms with Crippen molar-refractivity contribution in [3.8, 4) is 0 Å². The van der Waals surface area contributed by atoms with Crippen LogP contribution in [0.1, 0.15) is 39.5 Å². The first kappa shape index (κ1) is 25.7. The monoisotopic (exact) mass is 446 g/mol. The number of hydrogen-bond acceptors (Lipinski definition) is 7. The summed E-state index contributed by atoms with van der Waals surface area (Å²) in [7, 11) is 0. The molecular weight excluding hydrogens is 416 g/mol. The maximum Gasteiger partial charge on any atom is 0.327 e. The molecule has 0 aromatic heterocycles. The fourth-order valence-electron chi connectivity index (χ4n) is 3.22. The molecule has 0 bridgehead atoms. The van der Waals surface area contributed by atoms with Gasteiger partial charge in [0, 0.05) is 12.3 Å². The highest BCUT2D eigenvalue weighted by Gasteiger charge is 2.38. The van der Waals surface area contributed by atoms with Crippen LogP contribution in [0.5, 0.6) is 0 Å². The first-order valence-corrected chi connectivity index (χ1v) is 10.3. The van der Waals surface area contributed by atoms with E-state index in [1.165, 1.54) is 4.90 Å². The summed E-state index contributed by atoms with van der Waals surface area (Å²) in [6, 6.07) is -4.34. The van der Waals surface area contributed by atoms with Crippen LogP contribution in [0.25, 0.3) is 0 Å². The molecule has 0 aliphatic carbocycles. The van der Waals surface area contributed by atoms with Gasteiger partial charge in [0.15, 0.2) is 0 Å². The summed E-state index contributed by atoms with van der Waals surface area (Å²) in [5.41, 5.74) is 5.64. The number of carbonyl (C=O) groups excluding carboxylic acids is 3. The van der Waals surface area contributed by atoms with Crippen molar-refractivity contribution in [1.82, 2.24) is 15.5 Å². The molecule has 0 radical (unpaired) electrons. The van der Waals surface area contributed by atoms with E-state index >= 15 is 0 Å². The summed E-state index contributed by atoms with van der Waals surface area (Å²) in [6.07, 6.45) is 0.589. The number of nitrogens with zero attached hydrogens (tertiary/aromatic N) is 1. The van der Waals surface area contributed by atoms with Gasteiger partial charge in [0.2, 0.25) is 17.7 Å². The molecule has 1 aliphatic rings. The van der Waals surface area contributed by atoms with E-state index in [1.54, 1.807) is 0 Å². The Morgan fingerprint density at radius 2 is 1.77 bits per heavy atom. The summed E-state index contributed by atoms with van der Waals surface area (Å²) >= 11 is 3.91. The van der Waals surface area contributed by atoms with Crippen LogP contribution < -0.4 is 16.4 Å². The number of carboxylic acids is 2. The molecular formula is C18H30N4O7S. The lowest BCUT2D eigenvalue weighted by atomic mass is 10.0. The van der Waals surface area contributed by atoms with Crippen LogP contribution in [0, 0.1) is 5.92 Å². The molecule has 4 atom stereocenters. The van der Waals surface area contributed by atoms with Crippen LogP contribution >= 0.6 is 12.6 Å². The fourth-order valence-corrected chi connectivity index (χ4v) is 3.47. The van der Waals surface area contributed by atoms with E-state index in [0.717, 1.165) is 0 Å². The Hall–Kier alpha value is -2.34. The van der Waals surface area contributed by atoms with E-state index in [0.29, 0.717) is 12.8 Å². The summed E-state index contributed by atoms with van der Waals surface area (Å²) in [4.78, 5) is 61.0. The standard InChI is InChI=1S/C18H30N4O7S/c1-9(2)6-11(15(25)21-12(8-30)18(28)29)20-16(26)13-4-3-5-22(13)17(27)10(19)7-14(23)24/h9-13,30H,3-8,19H2,1-2H3,(H,20,26)(H,21,25)(H,23,24)(H,28,29). The van der Waals surface area contributed by atoms with E-state index in [4.69, 9.17) is 15.9 Å². The second-order valence-electron chi connectivity index (χ2n) is 7.67. The van der Waals surface area contributed by atoms with Gasteiger partial charge in [-0.2, -0.15) is 12.6 Å². The summed E-state index contributed by atoms with van der Waals surface area (Å²) in [5, 5.41) is 22.9. The molecule has 170 valence electrons. The van der Waals surface area contributed by atoms with Gasteiger partial charge in [-0.15, -0.1) is 0 Å². The number of rotatable bonds is 11. The van der Waals surface area contributed by atoms with Gasteiger partial charge in [-0.3, -0.25) is 19.2 Å². The molecule has 3 amide bonds. The SMILES string of the molecule is CC(C)CC(NC(=O)C1CCCN1C(=O)C(N)CC(=O)O)C(=O)NC(CS)C(=O)O. The minimum atomic E-state index is -1.27. The fraction of sp³-hybridized carbons (Fsp3) is 0.722. The van der Waals surface area contributed by atoms with Gasteiger partial charge in [-0.25, -0.2) is 4.79 Å². The molecule has 0 aromatic rings. The normalized spacial score (nSPS) is 19.1. The largest absolute Gasteiger partial charge is 0.481 e. The van der Waals surface area contributed by atoms with Crippen LogP contribution in [-0.2, 0) is 24.0 Å². The lowest BCUT2D eigenvalue weighted by Crippen LogP contribution is -2.57. The van der Waals surface area contributed by atoms with Gasteiger partial charge in [0.25, 0.3) is 0 Å². The van der Waals surface area contributed by atoms with Crippen molar-refractivity contribution in [3.05, 3.63) is 0 Å². The van der Waals surface area contributed by atoms with Crippen molar-refractivity contribution in [2.75, 3.05) is 12.3 Å². The smallest absolute Gasteiger partial charge is 0.327 e. The van der Waals surface area contributed by atoms with Gasteiger partial charge in [0.1, 0.15) is 18.1 Å². The number of aliphatic carboxylic acids is 2. The van der Waals surface area contributed by atoms with Crippen LogP contribution in [0.15, 0.2) is 0 Å². The Kier molecular flexibility index (Phi) is 10.1. The predicted octanol–water partition coefficient (Wildman–Crippen LogP) is -1.19. The highest BCUT2D eigenvalue weighted by Crippen LogP contribution is 2.19. The number of likely N-dealkylation sites (tertiary alicyclic amines) is 1. The molecule has 1 fully saturated rings. The molecule has 4 unspecified atom stereocenters. The van der Waals surface area contributed by atoms with Crippen molar-refractivity contribution < 1.29 is 34.2 Å². The summed E-state index contributed by atoms with van der Waals surface area (Å²) in [5.74, 6) is -4.42. The highest BCUT2D eigenvalue weighted by molar-refractivity contribution is 7.80. The molecule has 1 heterocycles. The molecule has 0 saturated carbocycles. The molecule has 30 heavy (non-hydrogen) atoms. The third-order valence-electron chi connectivity index (χ3n) is 4.69. The van der Waals surface area contributed by atoms with E-state index in [1.807, 2.05) is 13.8 Å². The number of thiol groups is 1. The van der Waals surface area contributed by atoms with Gasteiger partial charge in [0.05, 0.1) is 12.5 Å². The molecule has 12 heteroatoms.